The molecule has 1 aliphatic rings. The van der Waals surface area contributed by atoms with E-state index >= 15 is 0 Å². The van der Waals surface area contributed by atoms with Crippen LogP contribution in [0.3, 0.4) is 0 Å². The van der Waals surface area contributed by atoms with Crippen LogP contribution in [0.5, 0.6) is 0 Å². The Kier molecular flexibility index (Phi) is 7.60. The smallest absolute Gasteiger partial charge is 0.316 e. The van der Waals surface area contributed by atoms with Gasteiger partial charge in [0.25, 0.3) is 0 Å². The van der Waals surface area contributed by atoms with Crippen LogP contribution in [-0.4, -0.2) is 42.4 Å². The minimum absolute atomic E-state index is 0.161. The third-order valence-corrected chi connectivity index (χ3v) is 5.78. The number of thioether (sulfide) groups is 1. The second kappa shape index (κ2) is 10.4. The van der Waals surface area contributed by atoms with Crippen molar-refractivity contribution in [3.05, 3.63) is 60.2 Å². The van der Waals surface area contributed by atoms with Crippen LogP contribution in [0.15, 0.2) is 59.5 Å². The minimum Gasteiger partial charge on any atom is -0.465 e. The maximum atomic E-state index is 11.6. The largest absolute Gasteiger partial charge is 0.465 e. The van der Waals surface area contributed by atoms with Crippen molar-refractivity contribution in [2.45, 2.75) is 37.2 Å². The first-order valence-corrected chi connectivity index (χ1v) is 10.6. The Labute approximate surface area is 166 Å². The van der Waals surface area contributed by atoms with Crippen molar-refractivity contribution in [1.82, 2.24) is 4.90 Å². The summed E-state index contributed by atoms with van der Waals surface area (Å²) in [5, 5.41) is 3.69. The number of hydrogen-bond donors (Lipinski definition) is 1. The van der Waals surface area contributed by atoms with Crippen molar-refractivity contribution in [2.75, 3.05) is 30.8 Å². The van der Waals surface area contributed by atoms with Gasteiger partial charge in [-0.25, -0.2) is 0 Å². The maximum Gasteiger partial charge on any atom is 0.316 e. The number of anilines is 1. The molecule has 27 heavy (non-hydrogen) atoms. The summed E-state index contributed by atoms with van der Waals surface area (Å²) >= 11 is 1.54. The summed E-state index contributed by atoms with van der Waals surface area (Å²) in [7, 11) is 0. The van der Waals surface area contributed by atoms with Crippen molar-refractivity contribution in [2.24, 2.45) is 0 Å². The fourth-order valence-corrected chi connectivity index (χ4v) is 4.16. The van der Waals surface area contributed by atoms with E-state index in [-0.39, 0.29) is 5.97 Å². The Morgan fingerprint density at radius 3 is 2.56 bits per heavy atom. The Bertz CT molecular complexity index is 715. The van der Waals surface area contributed by atoms with Gasteiger partial charge < -0.3 is 10.1 Å². The molecule has 0 radical (unpaired) electrons. The third-order valence-electron chi connectivity index (χ3n) is 4.73. The summed E-state index contributed by atoms with van der Waals surface area (Å²) in [5.41, 5.74) is 2.50. The van der Waals surface area contributed by atoms with Crippen LogP contribution >= 0.6 is 11.8 Å². The number of rotatable bonds is 8. The average molecular weight is 385 g/mol. The standard InChI is InChI=1S/C22H28N2O2S/c1-2-26-22(25)17-27-21-11-7-6-10-20(21)23-19-12-14-24(15-13-19)16-18-8-4-3-5-9-18/h3-11,19,23H,2,12-17H2,1H3. The number of benzene rings is 2. The van der Waals surface area contributed by atoms with Gasteiger partial charge in [0.1, 0.15) is 0 Å². The Morgan fingerprint density at radius 1 is 1.11 bits per heavy atom. The van der Waals surface area contributed by atoms with Gasteiger partial charge in [-0.15, -0.1) is 11.8 Å². The van der Waals surface area contributed by atoms with Gasteiger partial charge in [0.05, 0.1) is 12.4 Å². The molecule has 0 atom stereocenters. The molecule has 1 heterocycles. The van der Waals surface area contributed by atoms with Gasteiger partial charge in [0.2, 0.25) is 0 Å². The molecular weight excluding hydrogens is 356 g/mol. The molecule has 1 aliphatic heterocycles. The summed E-state index contributed by atoms with van der Waals surface area (Å²) in [6, 6.07) is 19.4. The van der Waals surface area contributed by atoms with Crippen molar-refractivity contribution < 1.29 is 9.53 Å². The zero-order chi connectivity index (χ0) is 18.9. The van der Waals surface area contributed by atoms with Gasteiger partial charge in [0, 0.05) is 36.3 Å². The molecule has 144 valence electrons. The molecule has 3 rings (SSSR count). The van der Waals surface area contributed by atoms with E-state index in [1.54, 1.807) is 0 Å². The van der Waals surface area contributed by atoms with Gasteiger partial charge in [-0.3, -0.25) is 9.69 Å². The van der Waals surface area contributed by atoms with E-state index in [2.05, 4.69) is 52.7 Å². The average Bonchev–Trinajstić information content (AvgIpc) is 2.70. The number of nitrogens with zero attached hydrogens (tertiary/aromatic N) is 1. The third kappa shape index (κ3) is 6.29. The first kappa shape index (κ1) is 19.8. The number of nitrogens with one attached hydrogen (secondary N) is 1. The van der Waals surface area contributed by atoms with Crippen LogP contribution in [-0.2, 0) is 16.1 Å². The molecular formula is C22H28N2O2S. The quantitative estimate of drug-likeness (QED) is 0.539. The molecule has 0 saturated carbocycles. The summed E-state index contributed by atoms with van der Waals surface area (Å²) in [5.74, 6) is 0.189. The molecule has 1 fully saturated rings. The van der Waals surface area contributed by atoms with Crippen molar-refractivity contribution in [3.8, 4) is 0 Å². The van der Waals surface area contributed by atoms with Gasteiger partial charge in [-0.2, -0.15) is 0 Å². The molecule has 0 aliphatic carbocycles. The van der Waals surface area contributed by atoms with Crippen LogP contribution < -0.4 is 5.32 Å². The van der Waals surface area contributed by atoms with Gasteiger partial charge >= 0.3 is 5.97 Å². The Hall–Kier alpha value is -1.98. The highest BCUT2D eigenvalue weighted by Gasteiger charge is 2.20. The zero-order valence-electron chi connectivity index (χ0n) is 15.9. The van der Waals surface area contributed by atoms with Crippen LogP contribution in [0, 0.1) is 0 Å². The van der Waals surface area contributed by atoms with Gasteiger partial charge in [-0.05, 0) is 37.5 Å². The lowest BCUT2D eigenvalue weighted by atomic mass is 10.0. The van der Waals surface area contributed by atoms with E-state index in [0.717, 1.165) is 43.1 Å². The van der Waals surface area contributed by atoms with E-state index in [0.29, 0.717) is 18.4 Å². The van der Waals surface area contributed by atoms with Crippen LogP contribution in [0.4, 0.5) is 5.69 Å². The Morgan fingerprint density at radius 2 is 1.81 bits per heavy atom. The number of likely N-dealkylation sites (tertiary alicyclic amines) is 1. The molecule has 0 amide bonds. The number of ether oxygens (including phenoxy) is 1. The number of piperidine rings is 1. The fourth-order valence-electron chi connectivity index (χ4n) is 3.35. The number of para-hydroxylation sites is 1. The van der Waals surface area contributed by atoms with Crippen molar-refractivity contribution >= 4 is 23.4 Å². The maximum absolute atomic E-state index is 11.6. The topological polar surface area (TPSA) is 41.6 Å². The highest BCUT2D eigenvalue weighted by Crippen LogP contribution is 2.29. The summed E-state index contributed by atoms with van der Waals surface area (Å²) in [4.78, 5) is 15.3. The Balaban J connectivity index is 1.49. The van der Waals surface area contributed by atoms with Crippen molar-refractivity contribution in [1.29, 1.82) is 0 Å². The van der Waals surface area contributed by atoms with E-state index < -0.39 is 0 Å². The van der Waals surface area contributed by atoms with Gasteiger partial charge in [0.15, 0.2) is 0 Å². The normalized spacial score (nSPS) is 15.4. The number of hydrogen-bond acceptors (Lipinski definition) is 5. The predicted molar refractivity (Wildman–Crippen MR) is 112 cm³/mol. The molecule has 1 saturated heterocycles. The molecule has 2 aromatic rings. The fraction of sp³-hybridized carbons (Fsp3) is 0.409. The van der Waals surface area contributed by atoms with Crippen LogP contribution in [0.1, 0.15) is 25.3 Å². The van der Waals surface area contributed by atoms with Crippen LogP contribution in [0.25, 0.3) is 0 Å². The molecule has 1 N–H and O–H groups in total. The molecule has 0 bridgehead atoms. The highest BCUT2D eigenvalue weighted by molar-refractivity contribution is 8.00. The second-order valence-corrected chi connectivity index (χ2v) is 7.79. The van der Waals surface area contributed by atoms with Gasteiger partial charge in [-0.1, -0.05) is 42.5 Å². The first-order valence-electron chi connectivity index (χ1n) is 9.65. The van der Waals surface area contributed by atoms with E-state index in [1.807, 2.05) is 19.1 Å². The lowest BCUT2D eigenvalue weighted by Gasteiger charge is -2.33. The monoisotopic (exact) mass is 384 g/mol. The predicted octanol–water partition coefficient (Wildman–Crippen LogP) is 4.42. The van der Waals surface area contributed by atoms with E-state index in [4.69, 9.17) is 4.74 Å². The minimum atomic E-state index is -0.161. The second-order valence-electron chi connectivity index (χ2n) is 6.77. The van der Waals surface area contributed by atoms with Crippen LogP contribution in [0.2, 0.25) is 0 Å². The summed E-state index contributed by atoms with van der Waals surface area (Å²) < 4.78 is 5.03. The molecule has 0 spiro atoms. The van der Waals surface area contributed by atoms with E-state index in [9.17, 15) is 4.79 Å². The number of carbonyl (C=O) groups excluding carboxylic acids is 1. The summed E-state index contributed by atoms with van der Waals surface area (Å²) in [6.07, 6.45) is 2.26. The zero-order valence-corrected chi connectivity index (χ0v) is 16.7. The SMILES string of the molecule is CCOC(=O)CSc1ccccc1NC1CCN(Cc2ccccc2)CC1. The molecule has 5 heteroatoms. The number of carbonyl (C=O) groups is 1. The molecule has 2 aromatic carbocycles. The highest BCUT2D eigenvalue weighted by atomic mass is 32.2. The van der Waals surface area contributed by atoms with Crippen molar-refractivity contribution in [3.63, 3.8) is 0 Å². The molecule has 4 nitrogen and oxygen atoms in total. The first-order chi connectivity index (χ1) is 13.2. The number of esters is 1. The lowest BCUT2D eigenvalue weighted by molar-refractivity contribution is -0.139. The summed E-state index contributed by atoms with van der Waals surface area (Å²) in [6.45, 7) is 5.50. The lowest BCUT2D eigenvalue weighted by Crippen LogP contribution is -2.38. The van der Waals surface area contributed by atoms with E-state index in [1.165, 1.54) is 17.3 Å². The molecule has 0 aromatic heterocycles. The molecule has 0 unspecified atom stereocenters.